The summed E-state index contributed by atoms with van der Waals surface area (Å²) in [5.74, 6) is -1.22. The number of nitrogens with zero attached hydrogens (tertiary/aromatic N) is 1. The molecule has 4 nitrogen and oxygen atoms in total. The number of rotatable bonds is 2. The lowest BCUT2D eigenvalue weighted by atomic mass is 10.1. The largest absolute Gasteiger partial charge is 0.477 e. The number of carboxylic acids is 1. The van der Waals surface area contributed by atoms with E-state index < -0.39 is 11.4 Å². The molecule has 0 unspecified atom stereocenters. The summed E-state index contributed by atoms with van der Waals surface area (Å²) >= 11 is 5.99. The van der Waals surface area contributed by atoms with Crippen LogP contribution < -0.4 is 5.43 Å². The topological polar surface area (TPSA) is 59.3 Å². The highest BCUT2D eigenvalue weighted by molar-refractivity contribution is 6.32. The second kappa shape index (κ2) is 4.46. The molecule has 5 heteroatoms. The summed E-state index contributed by atoms with van der Waals surface area (Å²) in [5, 5.41) is 9.83. The van der Waals surface area contributed by atoms with E-state index in [2.05, 4.69) is 0 Å². The number of pyridine rings is 1. The van der Waals surface area contributed by atoms with Gasteiger partial charge in [0.2, 0.25) is 5.43 Å². The van der Waals surface area contributed by atoms with E-state index in [1.165, 1.54) is 12.3 Å². The van der Waals surface area contributed by atoms with E-state index in [0.717, 1.165) is 5.56 Å². The number of hydrogen-bond acceptors (Lipinski definition) is 2. The molecule has 18 heavy (non-hydrogen) atoms. The summed E-state index contributed by atoms with van der Waals surface area (Å²) in [6.07, 6.45) is 1.38. The number of halogens is 1. The zero-order valence-corrected chi connectivity index (χ0v) is 10.8. The summed E-state index contributed by atoms with van der Waals surface area (Å²) in [5.41, 5.74) is 0.830. The number of carbonyl (C=O) groups is 1. The molecule has 0 aliphatic rings. The minimum atomic E-state index is -1.22. The summed E-state index contributed by atoms with van der Waals surface area (Å²) in [6.45, 7) is 4.31. The van der Waals surface area contributed by atoms with Crippen LogP contribution in [-0.4, -0.2) is 15.6 Å². The van der Waals surface area contributed by atoms with E-state index in [-0.39, 0.29) is 5.56 Å². The van der Waals surface area contributed by atoms with Crippen molar-refractivity contribution in [3.8, 4) is 0 Å². The van der Waals surface area contributed by atoms with Crippen molar-refractivity contribution in [3.63, 3.8) is 0 Å². The maximum atomic E-state index is 12.0. The molecule has 2 rings (SSSR count). The monoisotopic (exact) mass is 265 g/mol. The molecule has 1 aromatic heterocycles. The van der Waals surface area contributed by atoms with E-state index >= 15 is 0 Å². The lowest BCUT2D eigenvalue weighted by Gasteiger charge is -2.11. The third-order valence-electron chi connectivity index (χ3n) is 2.93. The first-order valence-corrected chi connectivity index (χ1v) is 5.90. The molecule has 1 heterocycles. The molecule has 0 amide bonds. The Balaban J connectivity index is 2.99. The van der Waals surface area contributed by atoms with Gasteiger partial charge in [-0.2, -0.15) is 0 Å². The van der Waals surface area contributed by atoms with Gasteiger partial charge in [0.1, 0.15) is 5.56 Å². The molecule has 0 aliphatic carbocycles. The lowest BCUT2D eigenvalue weighted by molar-refractivity contribution is 0.0695. The quantitative estimate of drug-likeness (QED) is 0.908. The highest BCUT2D eigenvalue weighted by Crippen LogP contribution is 2.22. The van der Waals surface area contributed by atoms with Crippen LogP contribution in [0.25, 0.3) is 10.9 Å². The minimum Gasteiger partial charge on any atom is -0.477 e. The van der Waals surface area contributed by atoms with Gasteiger partial charge in [0.25, 0.3) is 0 Å². The number of benzene rings is 1. The van der Waals surface area contributed by atoms with Gasteiger partial charge in [-0.05, 0) is 31.5 Å². The molecule has 0 bridgehead atoms. The normalized spacial score (nSPS) is 10.8. The van der Waals surface area contributed by atoms with Gasteiger partial charge in [-0.15, -0.1) is 0 Å². The predicted octanol–water partition coefficient (Wildman–Crippen LogP) is 2.68. The molecule has 0 radical (unpaired) electrons. The summed E-state index contributed by atoms with van der Waals surface area (Å²) in [7, 11) is 0. The Kier molecular flexibility index (Phi) is 3.13. The molecule has 0 saturated heterocycles. The third-order valence-corrected chi connectivity index (χ3v) is 3.34. The van der Waals surface area contributed by atoms with Gasteiger partial charge in [0, 0.05) is 23.2 Å². The maximum absolute atomic E-state index is 12.0. The van der Waals surface area contributed by atoms with Crippen LogP contribution in [-0.2, 0) is 6.54 Å². The lowest BCUT2D eigenvalue weighted by Crippen LogP contribution is -2.18. The summed E-state index contributed by atoms with van der Waals surface area (Å²) in [6, 6.07) is 3.33. The fraction of sp³-hybridized carbons (Fsp3) is 0.231. The van der Waals surface area contributed by atoms with Gasteiger partial charge >= 0.3 is 5.97 Å². The van der Waals surface area contributed by atoms with Gasteiger partial charge < -0.3 is 9.67 Å². The number of aryl methyl sites for hydroxylation is 2. The molecule has 0 spiro atoms. The fourth-order valence-corrected chi connectivity index (χ4v) is 2.09. The molecule has 1 N–H and O–H groups in total. The van der Waals surface area contributed by atoms with Crippen molar-refractivity contribution < 1.29 is 9.90 Å². The predicted molar refractivity (Wildman–Crippen MR) is 70.6 cm³/mol. The summed E-state index contributed by atoms with van der Waals surface area (Å²) < 4.78 is 1.74. The van der Waals surface area contributed by atoms with Crippen LogP contribution in [0.1, 0.15) is 22.8 Å². The molecular formula is C13H12ClNO3. The van der Waals surface area contributed by atoms with Crippen molar-refractivity contribution in [3.05, 3.63) is 44.7 Å². The van der Waals surface area contributed by atoms with Crippen molar-refractivity contribution in [2.75, 3.05) is 0 Å². The van der Waals surface area contributed by atoms with Gasteiger partial charge in [-0.25, -0.2) is 4.79 Å². The van der Waals surface area contributed by atoms with Crippen molar-refractivity contribution >= 4 is 28.5 Å². The molecule has 94 valence electrons. The zero-order chi connectivity index (χ0) is 13.4. The van der Waals surface area contributed by atoms with Gasteiger partial charge in [-0.1, -0.05) is 11.6 Å². The Labute approximate surface area is 108 Å². The van der Waals surface area contributed by atoms with Gasteiger partial charge in [0.15, 0.2) is 0 Å². The van der Waals surface area contributed by atoms with Crippen molar-refractivity contribution in [2.24, 2.45) is 0 Å². The fourth-order valence-electron chi connectivity index (χ4n) is 1.93. The SMILES string of the molecule is CCn1cc(C(=O)O)c(=O)c2cc(Cl)c(C)cc21. The Hall–Kier alpha value is -1.81. The maximum Gasteiger partial charge on any atom is 0.341 e. The van der Waals surface area contributed by atoms with Crippen LogP contribution in [0.2, 0.25) is 5.02 Å². The van der Waals surface area contributed by atoms with Crippen LogP contribution >= 0.6 is 11.6 Å². The second-order valence-electron chi connectivity index (χ2n) is 4.08. The minimum absolute atomic E-state index is 0.232. The first-order chi connectivity index (χ1) is 8.45. The second-order valence-corrected chi connectivity index (χ2v) is 4.49. The molecular weight excluding hydrogens is 254 g/mol. The number of hydrogen-bond donors (Lipinski definition) is 1. The highest BCUT2D eigenvalue weighted by Gasteiger charge is 2.14. The van der Waals surface area contributed by atoms with E-state index in [0.29, 0.717) is 22.5 Å². The smallest absolute Gasteiger partial charge is 0.341 e. The summed E-state index contributed by atoms with van der Waals surface area (Å²) in [4.78, 5) is 23.1. The Bertz CT molecular complexity index is 703. The average molecular weight is 266 g/mol. The van der Waals surface area contributed by atoms with Crippen LogP contribution in [0.4, 0.5) is 0 Å². The van der Waals surface area contributed by atoms with Crippen LogP contribution in [0.15, 0.2) is 23.1 Å². The number of aromatic nitrogens is 1. The molecule has 1 aromatic carbocycles. The van der Waals surface area contributed by atoms with Gasteiger partial charge in [0.05, 0.1) is 5.52 Å². The Morgan fingerprint density at radius 2 is 2.11 bits per heavy atom. The standard InChI is InChI=1S/C13H12ClNO3/c1-3-15-6-9(13(17)18)12(16)8-5-10(14)7(2)4-11(8)15/h4-6H,3H2,1-2H3,(H,17,18). The Morgan fingerprint density at radius 1 is 1.44 bits per heavy atom. The van der Waals surface area contributed by atoms with Crippen LogP contribution in [0, 0.1) is 6.92 Å². The van der Waals surface area contributed by atoms with E-state index in [4.69, 9.17) is 16.7 Å². The number of carboxylic acid groups (broad SMARTS) is 1. The van der Waals surface area contributed by atoms with Crippen molar-refractivity contribution in [2.45, 2.75) is 20.4 Å². The van der Waals surface area contributed by atoms with Crippen molar-refractivity contribution in [1.82, 2.24) is 4.57 Å². The van der Waals surface area contributed by atoms with Gasteiger partial charge in [-0.3, -0.25) is 4.79 Å². The number of fused-ring (bicyclic) bond motifs is 1. The highest BCUT2D eigenvalue weighted by atomic mass is 35.5. The molecule has 2 aromatic rings. The molecule has 0 aliphatic heterocycles. The Morgan fingerprint density at radius 3 is 2.67 bits per heavy atom. The molecule has 0 atom stereocenters. The first-order valence-electron chi connectivity index (χ1n) is 5.52. The van der Waals surface area contributed by atoms with Crippen LogP contribution in [0.3, 0.4) is 0 Å². The average Bonchev–Trinajstić information content (AvgIpc) is 2.32. The van der Waals surface area contributed by atoms with Crippen molar-refractivity contribution in [1.29, 1.82) is 0 Å². The van der Waals surface area contributed by atoms with E-state index in [1.54, 1.807) is 10.6 Å². The molecule has 0 saturated carbocycles. The molecule has 0 fully saturated rings. The third kappa shape index (κ3) is 1.88. The van der Waals surface area contributed by atoms with Crippen LogP contribution in [0.5, 0.6) is 0 Å². The number of aromatic carboxylic acids is 1. The first kappa shape index (κ1) is 12.6. The van der Waals surface area contributed by atoms with E-state index in [1.807, 2.05) is 13.8 Å². The van der Waals surface area contributed by atoms with E-state index in [9.17, 15) is 9.59 Å². The zero-order valence-electron chi connectivity index (χ0n) is 10.0.